The van der Waals surface area contributed by atoms with Crippen LogP contribution >= 0.6 is 0 Å². The summed E-state index contributed by atoms with van der Waals surface area (Å²) in [5.41, 5.74) is 2.87. The number of carboxylic acids is 1. The zero-order valence-electron chi connectivity index (χ0n) is 21.4. The molecule has 9 nitrogen and oxygen atoms in total. The van der Waals surface area contributed by atoms with Crippen molar-refractivity contribution in [3.8, 4) is 5.75 Å². The lowest BCUT2D eigenvalue weighted by atomic mass is 9.94. The molecule has 1 unspecified atom stereocenters. The lowest BCUT2D eigenvalue weighted by Crippen LogP contribution is -2.44. The fourth-order valence-corrected chi connectivity index (χ4v) is 4.57. The highest BCUT2D eigenvalue weighted by Crippen LogP contribution is 2.32. The Morgan fingerprint density at radius 3 is 2.39 bits per heavy atom. The minimum absolute atomic E-state index is 0.000304. The van der Waals surface area contributed by atoms with Crippen LogP contribution in [-0.4, -0.2) is 60.7 Å². The molecule has 0 aromatic heterocycles. The summed E-state index contributed by atoms with van der Waals surface area (Å²) in [6.45, 7) is 7.60. The number of amides is 3. The van der Waals surface area contributed by atoms with E-state index in [-0.39, 0.29) is 24.4 Å². The van der Waals surface area contributed by atoms with Crippen molar-refractivity contribution >= 4 is 35.0 Å². The van der Waals surface area contributed by atoms with Crippen LogP contribution in [0.15, 0.2) is 42.5 Å². The number of hydrogen-bond acceptors (Lipinski definition) is 5. The second kappa shape index (κ2) is 12.4. The van der Waals surface area contributed by atoms with Crippen LogP contribution in [0, 0.1) is 12.8 Å². The third kappa shape index (κ3) is 7.21. The molecule has 1 fully saturated rings. The number of carbonyl (C=O) groups is 3. The summed E-state index contributed by atoms with van der Waals surface area (Å²) in [7, 11) is 1.52. The van der Waals surface area contributed by atoms with E-state index in [0.717, 1.165) is 37.2 Å². The first-order valence-electron chi connectivity index (χ1n) is 12.2. The van der Waals surface area contributed by atoms with E-state index in [1.807, 2.05) is 38.1 Å². The zero-order chi connectivity index (χ0) is 26.2. The van der Waals surface area contributed by atoms with Gasteiger partial charge in [0.15, 0.2) is 0 Å². The number of urea groups is 1. The topological polar surface area (TPSA) is 111 Å². The van der Waals surface area contributed by atoms with E-state index < -0.39 is 5.97 Å². The summed E-state index contributed by atoms with van der Waals surface area (Å²) in [4.78, 5) is 40.0. The van der Waals surface area contributed by atoms with Gasteiger partial charge in [-0.05, 0) is 69.5 Å². The number of carbonyl (C=O) groups excluding carboxylic acids is 2. The summed E-state index contributed by atoms with van der Waals surface area (Å²) in [6.07, 6.45) is 1.92. The van der Waals surface area contributed by atoms with Gasteiger partial charge < -0.3 is 30.3 Å². The standard InChI is InChI=1S/C27H36N4O5/c1-18-7-5-6-8-23(18)28-27(35)29-24-10-9-22(16-25(24)36-4)31(20(3)32)17-21-11-13-30(14-12-21)19(2)15-26(33)34/h5-10,16,19,21H,11-15,17H2,1-4H3,(H,33,34)(H2,28,29,35). The maximum Gasteiger partial charge on any atom is 0.323 e. The van der Waals surface area contributed by atoms with Crippen molar-refractivity contribution in [2.24, 2.45) is 5.92 Å². The number of hydrogen-bond donors (Lipinski definition) is 3. The van der Waals surface area contributed by atoms with Gasteiger partial charge in [-0.15, -0.1) is 0 Å². The average Bonchev–Trinajstić information content (AvgIpc) is 2.84. The SMILES string of the molecule is COc1cc(N(CC2CCN(C(C)CC(=O)O)CC2)C(C)=O)ccc1NC(=O)Nc1ccccc1C. The maximum atomic E-state index is 12.5. The molecule has 2 aromatic carbocycles. The van der Waals surface area contributed by atoms with Crippen LogP contribution < -0.4 is 20.3 Å². The molecule has 1 atom stereocenters. The number of nitrogens with one attached hydrogen (secondary N) is 2. The summed E-state index contributed by atoms with van der Waals surface area (Å²) in [6, 6.07) is 12.4. The summed E-state index contributed by atoms with van der Waals surface area (Å²) in [5.74, 6) is -0.0921. The van der Waals surface area contributed by atoms with E-state index in [2.05, 4.69) is 15.5 Å². The highest BCUT2D eigenvalue weighted by atomic mass is 16.5. The molecule has 1 heterocycles. The van der Waals surface area contributed by atoms with Crippen molar-refractivity contribution in [3.05, 3.63) is 48.0 Å². The van der Waals surface area contributed by atoms with Gasteiger partial charge in [-0.1, -0.05) is 18.2 Å². The second-order valence-electron chi connectivity index (χ2n) is 9.33. The Morgan fingerprint density at radius 2 is 1.78 bits per heavy atom. The van der Waals surface area contributed by atoms with Crippen LogP contribution in [0.1, 0.15) is 38.7 Å². The van der Waals surface area contributed by atoms with Crippen LogP contribution in [0.25, 0.3) is 0 Å². The lowest BCUT2D eigenvalue weighted by molar-refractivity contribution is -0.138. The molecule has 2 aromatic rings. The van der Waals surface area contributed by atoms with Gasteiger partial charge >= 0.3 is 12.0 Å². The third-order valence-corrected chi connectivity index (χ3v) is 6.70. The molecular weight excluding hydrogens is 460 g/mol. The van der Waals surface area contributed by atoms with Crippen molar-refractivity contribution in [2.45, 2.75) is 46.1 Å². The molecule has 0 saturated carbocycles. The van der Waals surface area contributed by atoms with Crippen LogP contribution in [0.4, 0.5) is 21.9 Å². The van der Waals surface area contributed by atoms with E-state index in [1.165, 1.54) is 7.11 Å². The fraction of sp³-hybridized carbons (Fsp3) is 0.444. The summed E-state index contributed by atoms with van der Waals surface area (Å²) in [5, 5.41) is 14.7. The van der Waals surface area contributed by atoms with Crippen LogP contribution in [0.3, 0.4) is 0 Å². The van der Waals surface area contributed by atoms with E-state index in [1.54, 1.807) is 30.0 Å². The highest BCUT2D eigenvalue weighted by molar-refractivity contribution is 6.01. The van der Waals surface area contributed by atoms with Gasteiger partial charge in [0.2, 0.25) is 5.91 Å². The molecule has 9 heteroatoms. The van der Waals surface area contributed by atoms with E-state index in [0.29, 0.717) is 29.6 Å². The largest absolute Gasteiger partial charge is 0.494 e. The van der Waals surface area contributed by atoms with Gasteiger partial charge in [-0.2, -0.15) is 0 Å². The number of nitrogens with zero attached hydrogens (tertiary/aromatic N) is 2. The Morgan fingerprint density at radius 1 is 1.11 bits per heavy atom. The molecular formula is C27H36N4O5. The number of carboxylic acid groups (broad SMARTS) is 1. The van der Waals surface area contributed by atoms with Gasteiger partial charge in [0.1, 0.15) is 5.75 Å². The van der Waals surface area contributed by atoms with E-state index in [4.69, 9.17) is 9.84 Å². The normalized spacial score (nSPS) is 15.1. The Labute approximate surface area is 212 Å². The van der Waals surface area contributed by atoms with Crippen molar-refractivity contribution in [1.29, 1.82) is 0 Å². The second-order valence-corrected chi connectivity index (χ2v) is 9.33. The van der Waals surface area contributed by atoms with Gasteiger partial charge in [0.05, 0.1) is 19.2 Å². The molecule has 36 heavy (non-hydrogen) atoms. The first-order valence-corrected chi connectivity index (χ1v) is 12.2. The van der Waals surface area contributed by atoms with Crippen molar-refractivity contribution < 1.29 is 24.2 Å². The van der Waals surface area contributed by atoms with Gasteiger partial charge in [0.25, 0.3) is 0 Å². The molecule has 3 amide bonds. The first kappa shape index (κ1) is 27.0. The quantitative estimate of drug-likeness (QED) is 0.469. The summed E-state index contributed by atoms with van der Waals surface area (Å²) < 4.78 is 5.52. The van der Waals surface area contributed by atoms with E-state index in [9.17, 15) is 14.4 Å². The number of benzene rings is 2. The fourth-order valence-electron chi connectivity index (χ4n) is 4.57. The monoisotopic (exact) mass is 496 g/mol. The molecule has 3 N–H and O–H groups in total. The number of rotatable bonds is 9. The van der Waals surface area contributed by atoms with Crippen molar-refractivity contribution in [2.75, 3.05) is 42.3 Å². The molecule has 194 valence electrons. The van der Waals surface area contributed by atoms with Crippen LogP contribution in [-0.2, 0) is 9.59 Å². The first-order chi connectivity index (χ1) is 17.2. The number of piperidine rings is 1. The van der Waals surface area contributed by atoms with Gasteiger partial charge in [-0.3, -0.25) is 9.59 Å². The zero-order valence-corrected chi connectivity index (χ0v) is 21.4. The summed E-state index contributed by atoms with van der Waals surface area (Å²) >= 11 is 0. The third-order valence-electron chi connectivity index (χ3n) is 6.70. The maximum absolute atomic E-state index is 12.5. The number of methoxy groups -OCH3 is 1. The lowest BCUT2D eigenvalue weighted by Gasteiger charge is -2.37. The number of aliphatic carboxylic acids is 1. The minimum atomic E-state index is -0.785. The number of aryl methyl sites for hydroxylation is 1. The highest BCUT2D eigenvalue weighted by Gasteiger charge is 2.27. The Hall–Kier alpha value is -3.59. The van der Waals surface area contributed by atoms with Gasteiger partial charge in [-0.25, -0.2) is 4.79 Å². The number of para-hydroxylation sites is 1. The number of likely N-dealkylation sites (tertiary alicyclic amines) is 1. The van der Waals surface area contributed by atoms with Crippen molar-refractivity contribution in [3.63, 3.8) is 0 Å². The molecule has 3 rings (SSSR count). The van der Waals surface area contributed by atoms with Crippen molar-refractivity contribution in [1.82, 2.24) is 4.90 Å². The molecule has 0 spiro atoms. The Kier molecular flexibility index (Phi) is 9.30. The van der Waals surface area contributed by atoms with Crippen LogP contribution in [0.2, 0.25) is 0 Å². The molecule has 0 bridgehead atoms. The Bertz CT molecular complexity index is 1080. The predicted octanol–water partition coefficient (Wildman–Crippen LogP) is 4.58. The predicted molar refractivity (Wildman–Crippen MR) is 141 cm³/mol. The average molecular weight is 497 g/mol. The molecule has 1 aliphatic rings. The smallest absolute Gasteiger partial charge is 0.323 e. The number of ether oxygens (including phenoxy) is 1. The minimum Gasteiger partial charge on any atom is -0.494 e. The van der Waals surface area contributed by atoms with Gasteiger partial charge in [0, 0.05) is 37.0 Å². The molecule has 1 saturated heterocycles. The molecule has 0 radical (unpaired) electrons. The molecule has 0 aliphatic carbocycles. The Balaban J connectivity index is 1.65. The van der Waals surface area contributed by atoms with E-state index >= 15 is 0 Å². The molecule has 1 aliphatic heterocycles. The number of anilines is 3. The van der Waals surface area contributed by atoms with Crippen LogP contribution in [0.5, 0.6) is 5.75 Å².